The van der Waals surface area contributed by atoms with E-state index >= 15 is 0 Å². The van der Waals surface area contributed by atoms with Crippen LogP contribution in [-0.2, 0) is 9.53 Å². The average molecular weight is 307 g/mol. The molecule has 1 aromatic carbocycles. The molecule has 16 heavy (non-hydrogen) atoms. The summed E-state index contributed by atoms with van der Waals surface area (Å²) in [7, 11) is 1.36. The van der Waals surface area contributed by atoms with Gasteiger partial charge in [-0.25, -0.2) is 0 Å². The third-order valence-electron chi connectivity index (χ3n) is 2.20. The number of carbonyl (C=O) groups is 1. The zero-order valence-corrected chi connectivity index (χ0v) is 11.4. The van der Waals surface area contributed by atoms with E-state index in [-0.39, 0.29) is 10.8 Å². The van der Waals surface area contributed by atoms with Crippen LogP contribution in [0.1, 0.15) is 5.56 Å². The lowest BCUT2D eigenvalue weighted by molar-refractivity contribution is -0.139. The Morgan fingerprint density at radius 2 is 2.31 bits per heavy atom. The van der Waals surface area contributed by atoms with Gasteiger partial charge >= 0.3 is 5.97 Å². The minimum absolute atomic E-state index is 0.299. The van der Waals surface area contributed by atoms with Crippen molar-refractivity contribution in [2.24, 2.45) is 0 Å². The fraction of sp³-hybridized carbons (Fsp3) is 0.364. The van der Waals surface area contributed by atoms with Crippen LogP contribution in [0.15, 0.2) is 18.2 Å². The van der Waals surface area contributed by atoms with Crippen LogP contribution in [0.4, 0.5) is 5.69 Å². The lowest BCUT2D eigenvalue weighted by Gasteiger charge is -2.12. The summed E-state index contributed by atoms with van der Waals surface area (Å²) in [5, 5.41) is 3.84. The Morgan fingerprint density at radius 3 is 2.94 bits per heavy atom. The normalized spacial score (nSPS) is 12.0. The molecule has 1 unspecified atom stereocenters. The second-order valence-corrected chi connectivity index (χ2v) is 4.80. The van der Waals surface area contributed by atoms with Gasteiger partial charge in [0, 0.05) is 17.3 Å². The summed E-state index contributed by atoms with van der Waals surface area (Å²) in [6, 6.07) is 5.60. The molecule has 1 N–H and O–H groups in total. The third kappa shape index (κ3) is 3.39. The van der Waals surface area contributed by atoms with Crippen molar-refractivity contribution < 1.29 is 9.53 Å². The van der Waals surface area contributed by atoms with E-state index in [1.54, 1.807) is 0 Å². The monoisotopic (exact) mass is 305 g/mol. The molecule has 0 amide bonds. The topological polar surface area (TPSA) is 38.3 Å². The highest BCUT2D eigenvalue weighted by molar-refractivity contribution is 9.10. The molecule has 0 saturated carbocycles. The number of benzene rings is 1. The number of hydrogen-bond acceptors (Lipinski definition) is 3. The fourth-order valence-electron chi connectivity index (χ4n) is 1.21. The van der Waals surface area contributed by atoms with Gasteiger partial charge in [-0.05, 0) is 24.6 Å². The van der Waals surface area contributed by atoms with Gasteiger partial charge < -0.3 is 10.1 Å². The van der Waals surface area contributed by atoms with Crippen molar-refractivity contribution in [1.82, 2.24) is 0 Å². The number of rotatable bonds is 4. The summed E-state index contributed by atoms with van der Waals surface area (Å²) in [4.78, 5) is 10.8. The van der Waals surface area contributed by atoms with Crippen LogP contribution in [-0.4, -0.2) is 24.5 Å². The number of alkyl halides is 1. The Labute approximate surface area is 108 Å². The summed E-state index contributed by atoms with van der Waals surface area (Å²) in [6.45, 7) is 2.37. The van der Waals surface area contributed by atoms with Crippen LogP contribution >= 0.6 is 27.5 Å². The molecular weight excluding hydrogens is 293 g/mol. The first-order chi connectivity index (χ1) is 7.56. The van der Waals surface area contributed by atoms with E-state index in [0.29, 0.717) is 11.6 Å². The highest BCUT2D eigenvalue weighted by atomic mass is 79.9. The maximum atomic E-state index is 11.1. The quantitative estimate of drug-likeness (QED) is 0.686. The molecule has 3 nitrogen and oxygen atoms in total. The molecule has 0 saturated heterocycles. The molecule has 0 aliphatic heterocycles. The predicted molar refractivity (Wildman–Crippen MR) is 69.4 cm³/mol. The Kier molecular flexibility index (Phi) is 5.09. The average Bonchev–Trinajstić information content (AvgIpc) is 2.29. The number of ether oxygens (including phenoxy) is 1. The SMILES string of the molecule is COC(=O)C(Br)CNc1cccc(Cl)c1C. The van der Waals surface area contributed by atoms with E-state index in [2.05, 4.69) is 26.0 Å². The van der Waals surface area contributed by atoms with Crippen LogP contribution in [0, 0.1) is 6.92 Å². The van der Waals surface area contributed by atoms with Gasteiger partial charge in [-0.2, -0.15) is 0 Å². The molecule has 0 aliphatic rings. The Hall–Kier alpha value is -0.740. The molecule has 0 radical (unpaired) electrons. The molecule has 0 spiro atoms. The lowest BCUT2D eigenvalue weighted by atomic mass is 10.2. The van der Waals surface area contributed by atoms with Crippen molar-refractivity contribution in [3.8, 4) is 0 Å². The standard InChI is InChI=1S/C11H13BrClNO2/c1-7-9(13)4-3-5-10(7)14-6-8(12)11(15)16-2/h3-5,8,14H,6H2,1-2H3. The summed E-state index contributed by atoms with van der Waals surface area (Å²) < 4.78 is 4.60. The number of nitrogens with one attached hydrogen (secondary N) is 1. The number of esters is 1. The van der Waals surface area contributed by atoms with Crippen molar-refractivity contribution in [2.75, 3.05) is 19.0 Å². The van der Waals surface area contributed by atoms with E-state index < -0.39 is 0 Å². The van der Waals surface area contributed by atoms with E-state index in [1.165, 1.54) is 7.11 Å². The first kappa shape index (κ1) is 13.3. The van der Waals surface area contributed by atoms with E-state index in [4.69, 9.17) is 11.6 Å². The van der Waals surface area contributed by atoms with Crippen LogP contribution < -0.4 is 5.32 Å². The van der Waals surface area contributed by atoms with Crippen LogP contribution in [0.25, 0.3) is 0 Å². The lowest BCUT2D eigenvalue weighted by Crippen LogP contribution is -2.24. The zero-order chi connectivity index (χ0) is 12.1. The number of carbonyl (C=O) groups excluding carboxylic acids is 1. The van der Waals surface area contributed by atoms with Crippen LogP contribution in [0.2, 0.25) is 5.02 Å². The first-order valence-corrected chi connectivity index (χ1v) is 6.06. The summed E-state index contributed by atoms with van der Waals surface area (Å²) >= 11 is 9.21. The van der Waals surface area contributed by atoms with Crippen molar-refractivity contribution in [2.45, 2.75) is 11.8 Å². The van der Waals surface area contributed by atoms with E-state index in [1.807, 2.05) is 25.1 Å². The fourth-order valence-corrected chi connectivity index (χ4v) is 1.73. The maximum Gasteiger partial charge on any atom is 0.321 e. The smallest absolute Gasteiger partial charge is 0.321 e. The van der Waals surface area contributed by atoms with Gasteiger partial charge in [-0.1, -0.05) is 33.6 Å². The van der Waals surface area contributed by atoms with Gasteiger partial charge in [0.1, 0.15) is 4.83 Å². The molecule has 5 heteroatoms. The van der Waals surface area contributed by atoms with E-state index in [0.717, 1.165) is 11.3 Å². The second-order valence-electron chi connectivity index (χ2n) is 3.28. The van der Waals surface area contributed by atoms with Crippen molar-refractivity contribution in [1.29, 1.82) is 0 Å². The molecule has 0 aliphatic carbocycles. The van der Waals surface area contributed by atoms with E-state index in [9.17, 15) is 4.79 Å². The van der Waals surface area contributed by atoms with Gasteiger partial charge in [-0.3, -0.25) is 4.79 Å². The third-order valence-corrected chi connectivity index (χ3v) is 3.30. The molecular formula is C11H13BrClNO2. The van der Waals surface area contributed by atoms with Crippen LogP contribution in [0.5, 0.6) is 0 Å². The summed E-state index contributed by atoms with van der Waals surface area (Å²) in [5.74, 6) is -0.299. The molecule has 0 fully saturated rings. The largest absolute Gasteiger partial charge is 0.468 e. The number of halogens is 2. The van der Waals surface area contributed by atoms with Crippen molar-refractivity contribution in [3.63, 3.8) is 0 Å². The molecule has 1 rings (SSSR count). The highest BCUT2D eigenvalue weighted by Crippen LogP contribution is 2.23. The van der Waals surface area contributed by atoms with Gasteiger partial charge in [0.05, 0.1) is 7.11 Å². The first-order valence-electron chi connectivity index (χ1n) is 4.77. The summed E-state index contributed by atoms with van der Waals surface area (Å²) in [6.07, 6.45) is 0. The number of anilines is 1. The molecule has 88 valence electrons. The Bertz CT molecular complexity index is 384. The minimum atomic E-state index is -0.365. The molecule has 0 heterocycles. The summed E-state index contributed by atoms with van der Waals surface area (Å²) in [5.41, 5.74) is 1.88. The van der Waals surface area contributed by atoms with Gasteiger partial charge in [-0.15, -0.1) is 0 Å². The Morgan fingerprint density at radius 1 is 1.62 bits per heavy atom. The van der Waals surface area contributed by atoms with Gasteiger partial charge in [0.25, 0.3) is 0 Å². The maximum absolute atomic E-state index is 11.1. The van der Waals surface area contributed by atoms with Crippen molar-refractivity contribution in [3.05, 3.63) is 28.8 Å². The number of methoxy groups -OCH3 is 1. The second kappa shape index (κ2) is 6.11. The molecule has 0 bridgehead atoms. The number of hydrogen-bond donors (Lipinski definition) is 1. The molecule has 0 aromatic heterocycles. The minimum Gasteiger partial charge on any atom is -0.468 e. The van der Waals surface area contributed by atoms with Crippen molar-refractivity contribution >= 4 is 39.2 Å². The molecule has 1 aromatic rings. The molecule has 1 atom stereocenters. The predicted octanol–water partition coefficient (Wildman–Crippen LogP) is 3.00. The van der Waals surface area contributed by atoms with Crippen LogP contribution in [0.3, 0.4) is 0 Å². The Balaban J connectivity index is 2.61. The van der Waals surface area contributed by atoms with Gasteiger partial charge in [0.15, 0.2) is 0 Å². The zero-order valence-electron chi connectivity index (χ0n) is 9.09. The highest BCUT2D eigenvalue weighted by Gasteiger charge is 2.14. The van der Waals surface area contributed by atoms with Gasteiger partial charge in [0.2, 0.25) is 0 Å².